The van der Waals surface area contributed by atoms with Gasteiger partial charge in [0.15, 0.2) is 0 Å². The van der Waals surface area contributed by atoms with Crippen molar-refractivity contribution in [3.05, 3.63) is 0 Å². The van der Waals surface area contributed by atoms with Gasteiger partial charge < -0.3 is 9.80 Å². The van der Waals surface area contributed by atoms with Crippen molar-refractivity contribution in [1.29, 1.82) is 0 Å². The molecule has 0 aliphatic heterocycles. The molecule has 0 radical (unpaired) electrons. The molecule has 0 aromatic heterocycles. The molecule has 0 aliphatic carbocycles. The highest BCUT2D eigenvalue weighted by atomic mass is 16.2. The lowest BCUT2D eigenvalue weighted by molar-refractivity contribution is -0.138. The van der Waals surface area contributed by atoms with Gasteiger partial charge in [-0.15, -0.1) is 0 Å². The van der Waals surface area contributed by atoms with E-state index in [1.54, 1.807) is 0 Å². The average Bonchev–Trinajstić information content (AvgIpc) is 1.78. The standard InChI is InChI=1S/C11H24N2O/c1-9(2)13(11(3,4)5)10(14)8-12(6)7/h9H,8H2,1-7H3. The van der Waals surface area contributed by atoms with Crippen LogP contribution in [0.25, 0.3) is 0 Å². The summed E-state index contributed by atoms with van der Waals surface area (Å²) < 4.78 is 0. The summed E-state index contributed by atoms with van der Waals surface area (Å²) in [6, 6.07) is 0.252. The first-order valence-electron chi connectivity index (χ1n) is 5.13. The molecular formula is C11H24N2O. The summed E-state index contributed by atoms with van der Waals surface area (Å²) in [4.78, 5) is 15.8. The van der Waals surface area contributed by atoms with E-state index in [0.717, 1.165) is 0 Å². The van der Waals surface area contributed by atoms with Crippen LogP contribution in [0.4, 0.5) is 0 Å². The van der Waals surface area contributed by atoms with Crippen LogP contribution in [0.2, 0.25) is 0 Å². The lowest BCUT2D eigenvalue weighted by Crippen LogP contribution is -2.52. The van der Waals surface area contributed by atoms with Crippen molar-refractivity contribution in [2.24, 2.45) is 0 Å². The highest BCUT2D eigenvalue weighted by Gasteiger charge is 2.28. The Labute approximate surface area is 88.1 Å². The van der Waals surface area contributed by atoms with Gasteiger partial charge in [0, 0.05) is 11.6 Å². The summed E-state index contributed by atoms with van der Waals surface area (Å²) >= 11 is 0. The molecule has 0 heterocycles. The third-order valence-corrected chi connectivity index (χ3v) is 1.96. The second kappa shape index (κ2) is 4.78. The topological polar surface area (TPSA) is 23.6 Å². The van der Waals surface area contributed by atoms with Gasteiger partial charge in [0.1, 0.15) is 0 Å². The maximum atomic E-state index is 11.9. The normalized spacial score (nSPS) is 12.4. The fourth-order valence-corrected chi connectivity index (χ4v) is 1.78. The SMILES string of the molecule is CC(C)N(C(=O)CN(C)C)C(C)(C)C. The summed E-state index contributed by atoms with van der Waals surface area (Å²) in [5, 5.41) is 0. The van der Waals surface area contributed by atoms with Crippen LogP contribution in [-0.4, -0.2) is 47.9 Å². The Balaban J connectivity index is 4.60. The Kier molecular flexibility index (Phi) is 4.59. The van der Waals surface area contributed by atoms with Gasteiger partial charge in [-0.3, -0.25) is 4.79 Å². The Bertz CT molecular complexity index is 192. The molecule has 0 aromatic rings. The summed E-state index contributed by atoms with van der Waals surface area (Å²) in [5.41, 5.74) is -0.0960. The smallest absolute Gasteiger partial charge is 0.237 e. The molecule has 0 saturated heterocycles. The van der Waals surface area contributed by atoms with Crippen LogP contribution >= 0.6 is 0 Å². The number of carbonyl (C=O) groups excluding carboxylic acids is 1. The molecule has 0 saturated carbocycles. The first-order chi connectivity index (χ1) is 6.16. The van der Waals surface area contributed by atoms with E-state index in [1.165, 1.54) is 0 Å². The molecular weight excluding hydrogens is 176 g/mol. The zero-order chi connectivity index (χ0) is 11.5. The molecule has 0 N–H and O–H groups in total. The highest BCUT2D eigenvalue weighted by molar-refractivity contribution is 5.79. The van der Waals surface area contributed by atoms with E-state index in [9.17, 15) is 4.79 Å². The van der Waals surface area contributed by atoms with Crippen LogP contribution in [0.5, 0.6) is 0 Å². The molecule has 0 aromatic carbocycles. The Hall–Kier alpha value is -0.570. The predicted molar refractivity (Wildman–Crippen MR) is 60.3 cm³/mol. The third-order valence-electron chi connectivity index (χ3n) is 1.96. The summed E-state index contributed by atoms with van der Waals surface area (Å²) in [7, 11) is 3.83. The van der Waals surface area contributed by atoms with E-state index >= 15 is 0 Å². The first-order valence-corrected chi connectivity index (χ1v) is 5.13. The number of carbonyl (C=O) groups is 1. The summed E-state index contributed by atoms with van der Waals surface area (Å²) in [6.07, 6.45) is 0. The third kappa shape index (κ3) is 4.09. The largest absolute Gasteiger partial charge is 0.334 e. The van der Waals surface area contributed by atoms with Gasteiger partial charge in [-0.2, -0.15) is 0 Å². The fourth-order valence-electron chi connectivity index (χ4n) is 1.78. The monoisotopic (exact) mass is 200 g/mol. The van der Waals surface area contributed by atoms with E-state index in [1.807, 2.05) is 23.9 Å². The molecule has 3 heteroatoms. The number of nitrogens with zero attached hydrogens (tertiary/aromatic N) is 2. The van der Waals surface area contributed by atoms with E-state index in [4.69, 9.17) is 0 Å². The second-order valence-corrected chi connectivity index (χ2v) is 5.27. The molecule has 0 spiro atoms. The quantitative estimate of drug-likeness (QED) is 0.690. The van der Waals surface area contributed by atoms with Crippen LogP contribution < -0.4 is 0 Å². The zero-order valence-electron chi connectivity index (χ0n) is 10.6. The van der Waals surface area contributed by atoms with Crippen LogP contribution in [0.1, 0.15) is 34.6 Å². The van der Waals surface area contributed by atoms with Gasteiger partial charge in [0.2, 0.25) is 5.91 Å². The van der Waals surface area contributed by atoms with Crippen molar-refractivity contribution in [3.8, 4) is 0 Å². The first kappa shape index (κ1) is 13.4. The molecule has 0 bridgehead atoms. The summed E-state index contributed by atoms with van der Waals surface area (Å²) in [5.74, 6) is 0.192. The van der Waals surface area contributed by atoms with Crippen molar-refractivity contribution in [1.82, 2.24) is 9.80 Å². The fraction of sp³-hybridized carbons (Fsp3) is 0.909. The minimum Gasteiger partial charge on any atom is -0.334 e. The van der Waals surface area contributed by atoms with Crippen LogP contribution in [0, 0.1) is 0 Å². The van der Waals surface area contributed by atoms with Gasteiger partial charge >= 0.3 is 0 Å². The minimum absolute atomic E-state index is 0.0960. The van der Waals surface area contributed by atoms with E-state index in [0.29, 0.717) is 6.54 Å². The van der Waals surface area contributed by atoms with Crippen molar-refractivity contribution in [3.63, 3.8) is 0 Å². The molecule has 0 atom stereocenters. The zero-order valence-corrected chi connectivity index (χ0v) is 10.6. The second-order valence-electron chi connectivity index (χ2n) is 5.27. The molecule has 14 heavy (non-hydrogen) atoms. The number of hydrogen-bond acceptors (Lipinski definition) is 2. The molecule has 0 aliphatic rings. The van der Waals surface area contributed by atoms with Gasteiger partial charge in [-0.25, -0.2) is 0 Å². The average molecular weight is 200 g/mol. The van der Waals surface area contributed by atoms with Crippen molar-refractivity contribution < 1.29 is 4.79 Å². The highest BCUT2D eigenvalue weighted by Crippen LogP contribution is 2.17. The van der Waals surface area contributed by atoms with Gasteiger partial charge in [-0.1, -0.05) is 0 Å². The van der Waals surface area contributed by atoms with Crippen LogP contribution in [0.3, 0.4) is 0 Å². The lowest BCUT2D eigenvalue weighted by atomic mass is 10.0. The molecule has 84 valence electrons. The van der Waals surface area contributed by atoms with E-state index in [2.05, 4.69) is 34.6 Å². The lowest BCUT2D eigenvalue weighted by Gasteiger charge is -2.39. The van der Waals surface area contributed by atoms with Gasteiger partial charge in [0.05, 0.1) is 6.54 Å². The molecule has 0 fully saturated rings. The van der Waals surface area contributed by atoms with Crippen molar-refractivity contribution in [2.45, 2.75) is 46.2 Å². The Morgan fingerprint density at radius 2 is 1.64 bits per heavy atom. The number of hydrogen-bond donors (Lipinski definition) is 0. The molecule has 0 rings (SSSR count). The van der Waals surface area contributed by atoms with Gasteiger partial charge in [-0.05, 0) is 48.7 Å². The number of amides is 1. The maximum Gasteiger partial charge on any atom is 0.237 e. The van der Waals surface area contributed by atoms with Crippen molar-refractivity contribution in [2.75, 3.05) is 20.6 Å². The minimum atomic E-state index is -0.0960. The Morgan fingerprint density at radius 1 is 1.21 bits per heavy atom. The van der Waals surface area contributed by atoms with E-state index < -0.39 is 0 Å². The van der Waals surface area contributed by atoms with Crippen LogP contribution in [0.15, 0.2) is 0 Å². The summed E-state index contributed by atoms with van der Waals surface area (Å²) in [6.45, 7) is 10.8. The number of rotatable bonds is 3. The molecule has 1 amide bonds. The number of likely N-dealkylation sites (N-methyl/N-ethyl adjacent to an activating group) is 1. The van der Waals surface area contributed by atoms with Crippen molar-refractivity contribution >= 4 is 5.91 Å². The maximum absolute atomic E-state index is 11.9. The predicted octanol–water partition coefficient (Wildman–Crippen LogP) is 1.58. The van der Waals surface area contributed by atoms with Gasteiger partial charge in [0.25, 0.3) is 0 Å². The molecule has 0 unspecified atom stereocenters. The Morgan fingerprint density at radius 3 is 1.86 bits per heavy atom. The molecule has 3 nitrogen and oxygen atoms in total. The van der Waals surface area contributed by atoms with E-state index in [-0.39, 0.29) is 17.5 Å². The van der Waals surface area contributed by atoms with Crippen LogP contribution in [-0.2, 0) is 4.79 Å².